The monoisotopic (exact) mass is 580 g/mol. The summed E-state index contributed by atoms with van der Waals surface area (Å²) < 4.78 is 46.6. The molecule has 2 aromatic carbocycles. The van der Waals surface area contributed by atoms with E-state index in [9.17, 15) is 8.42 Å². The number of ether oxygens (including phenoxy) is 1. The molecule has 0 saturated carbocycles. The lowest BCUT2D eigenvalue weighted by Gasteiger charge is -2.48. The summed E-state index contributed by atoms with van der Waals surface area (Å²) in [5.41, 5.74) is 2.95. The summed E-state index contributed by atoms with van der Waals surface area (Å²) in [7, 11) is -1.46. The number of hydrogen-bond acceptors (Lipinski definition) is 6. The Balaban J connectivity index is 1.04. The Bertz CT molecular complexity index is 1510. The molecule has 2 bridgehead atoms. The molecule has 3 aromatic rings. The van der Waals surface area contributed by atoms with Crippen LogP contribution in [0.5, 0.6) is 0 Å². The lowest BCUT2D eigenvalue weighted by molar-refractivity contribution is -0.0221. The van der Waals surface area contributed by atoms with Crippen molar-refractivity contribution in [3.05, 3.63) is 47.8 Å². The Morgan fingerprint density at radius 2 is 1.54 bits per heavy atom. The van der Waals surface area contributed by atoms with E-state index in [-0.39, 0.29) is 10.7 Å². The number of halogens is 1. The SMILES string of the molecule is Cn1c(-c2ccc(S(C)(=O)=O)cc2)nc2cc(C3CCN(C4CC5CCC(C4)N5C4CCOCC4)CC3)cc(F)c21. The van der Waals surface area contributed by atoms with Crippen LogP contribution in [0.3, 0.4) is 0 Å². The molecule has 0 N–H and O–H groups in total. The quantitative estimate of drug-likeness (QED) is 0.417. The number of hydrogen-bond donors (Lipinski definition) is 0. The third kappa shape index (κ3) is 5.13. The first kappa shape index (κ1) is 27.5. The van der Waals surface area contributed by atoms with Gasteiger partial charge in [-0.25, -0.2) is 17.8 Å². The topological polar surface area (TPSA) is 67.7 Å². The highest BCUT2D eigenvalue weighted by atomic mass is 32.2. The number of likely N-dealkylation sites (tertiary alicyclic amines) is 1. The number of rotatable bonds is 5. The third-order valence-corrected chi connectivity index (χ3v) is 11.5. The van der Waals surface area contributed by atoms with Gasteiger partial charge in [0.05, 0.1) is 10.4 Å². The van der Waals surface area contributed by atoms with Crippen LogP contribution in [0, 0.1) is 5.82 Å². The van der Waals surface area contributed by atoms with Gasteiger partial charge in [0, 0.05) is 56.2 Å². The van der Waals surface area contributed by atoms with Crippen molar-refractivity contribution in [2.24, 2.45) is 7.05 Å². The van der Waals surface area contributed by atoms with E-state index >= 15 is 4.39 Å². The number of fused-ring (bicyclic) bond motifs is 3. The summed E-state index contributed by atoms with van der Waals surface area (Å²) in [6.07, 6.45) is 11.0. The van der Waals surface area contributed by atoms with Gasteiger partial charge in [-0.1, -0.05) is 0 Å². The maximum atomic E-state index is 15.5. The lowest BCUT2D eigenvalue weighted by Crippen LogP contribution is -2.55. The molecule has 1 aromatic heterocycles. The molecule has 5 heterocycles. The highest BCUT2D eigenvalue weighted by molar-refractivity contribution is 7.90. The Morgan fingerprint density at radius 3 is 2.17 bits per heavy atom. The smallest absolute Gasteiger partial charge is 0.175 e. The van der Waals surface area contributed by atoms with Gasteiger partial charge in [-0.3, -0.25) is 4.90 Å². The molecule has 0 spiro atoms. The van der Waals surface area contributed by atoms with Crippen molar-refractivity contribution in [2.75, 3.05) is 32.6 Å². The van der Waals surface area contributed by atoms with Crippen LogP contribution in [0.15, 0.2) is 41.3 Å². The van der Waals surface area contributed by atoms with E-state index in [1.807, 2.05) is 7.05 Å². The van der Waals surface area contributed by atoms with Gasteiger partial charge in [0.25, 0.3) is 0 Å². The Kier molecular flexibility index (Phi) is 7.20. The normalized spacial score (nSPS) is 27.1. The van der Waals surface area contributed by atoms with E-state index < -0.39 is 9.84 Å². The van der Waals surface area contributed by atoms with Crippen LogP contribution in [-0.4, -0.2) is 84.5 Å². The molecule has 7 rings (SSSR count). The van der Waals surface area contributed by atoms with Gasteiger partial charge in [-0.05, 0) is 112 Å². The Morgan fingerprint density at radius 1 is 0.878 bits per heavy atom. The van der Waals surface area contributed by atoms with E-state index in [0.717, 1.165) is 68.4 Å². The molecule has 2 atom stereocenters. The van der Waals surface area contributed by atoms with Crippen LogP contribution >= 0.6 is 0 Å². The molecule has 9 heteroatoms. The summed E-state index contributed by atoms with van der Waals surface area (Å²) in [4.78, 5) is 10.7. The second kappa shape index (κ2) is 10.7. The largest absolute Gasteiger partial charge is 0.381 e. The van der Waals surface area contributed by atoms with E-state index in [0.29, 0.717) is 28.8 Å². The molecule has 0 radical (unpaired) electrons. The highest BCUT2D eigenvalue weighted by Crippen LogP contribution is 2.42. The van der Waals surface area contributed by atoms with Gasteiger partial charge < -0.3 is 14.2 Å². The second-order valence-electron chi connectivity index (χ2n) is 12.8. The first-order valence-corrected chi connectivity index (χ1v) is 17.2. The van der Waals surface area contributed by atoms with Crippen LogP contribution in [0.25, 0.3) is 22.4 Å². The van der Waals surface area contributed by atoms with Gasteiger partial charge in [0.2, 0.25) is 0 Å². The van der Waals surface area contributed by atoms with Gasteiger partial charge in [0.15, 0.2) is 9.84 Å². The molecular weight excluding hydrogens is 539 g/mol. The van der Waals surface area contributed by atoms with Crippen LogP contribution in [-0.2, 0) is 21.6 Å². The van der Waals surface area contributed by atoms with Gasteiger partial charge in [-0.2, -0.15) is 0 Å². The predicted molar refractivity (Wildman–Crippen MR) is 158 cm³/mol. The maximum absolute atomic E-state index is 15.5. The number of nitrogens with zero attached hydrogens (tertiary/aromatic N) is 4. The zero-order chi connectivity index (χ0) is 28.3. The number of benzene rings is 2. The Labute approximate surface area is 242 Å². The van der Waals surface area contributed by atoms with Crippen molar-refractivity contribution >= 4 is 20.9 Å². The number of sulfone groups is 1. The van der Waals surface area contributed by atoms with Crippen molar-refractivity contribution in [3.63, 3.8) is 0 Å². The van der Waals surface area contributed by atoms with Gasteiger partial charge in [-0.15, -0.1) is 0 Å². The fourth-order valence-electron chi connectivity index (χ4n) is 8.32. The van der Waals surface area contributed by atoms with E-state index in [1.54, 1.807) is 34.9 Å². The average Bonchev–Trinajstić information content (AvgIpc) is 3.45. The molecule has 0 amide bonds. The minimum absolute atomic E-state index is 0.244. The third-order valence-electron chi connectivity index (χ3n) is 10.4. The summed E-state index contributed by atoms with van der Waals surface area (Å²) in [5.74, 6) is 0.724. The molecular formula is C32H41FN4O3S. The van der Waals surface area contributed by atoms with Crippen molar-refractivity contribution in [1.82, 2.24) is 19.4 Å². The first-order valence-electron chi connectivity index (χ1n) is 15.3. The van der Waals surface area contributed by atoms with Crippen molar-refractivity contribution in [1.29, 1.82) is 0 Å². The molecule has 4 aliphatic rings. The van der Waals surface area contributed by atoms with Crippen LogP contribution in [0.4, 0.5) is 4.39 Å². The maximum Gasteiger partial charge on any atom is 0.175 e. The minimum atomic E-state index is -3.28. The zero-order valence-electron chi connectivity index (χ0n) is 24.1. The minimum Gasteiger partial charge on any atom is -0.381 e. The summed E-state index contributed by atoms with van der Waals surface area (Å²) >= 11 is 0. The van der Waals surface area contributed by atoms with E-state index in [4.69, 9.17) is 9.72 Å². The fourth-order valence-corrected chi connectivity index (χ4v) is 8.95. The van der Waals surface area contributed by atoms with Crippen LogP contribution < -0.4 is 0 Å². The molecule has 220 valence electrons. The summed E-state index contributed by atoms with van der Waals surface area (Å²) in [5, 5.41) is 0. The molecule has 4 fully saturated rings. The molecule has 7 nitrogen and oxygen atoms in total. The number of aromatic nitrogens is 2. The van der Waals surface area contributed by atoms with Gasteiger partial charge >= 0.3 is 0 Å². The van der Waals surface area contributed by atoms with E-state index in [1.165, 1.54) is 44.8 Å². The van der Waals surface area contributed by atoms with Crippen LogP contribution in [0.2, 0.25) is 0 Å². The van der Waals surface area contributed by atoms with E-state index in [2.05, 4.69) is 15.9 Å². The first-order chi connectivity index (χ1) is 19.8. The number of imidazole rings is 1. The molecule has 2 unspecified atom stereocenters. The number of aryl methyl sites for hydroxylation is 1. The summed E-state index contributed by atoms with van der Waals surface area (Å²) in [6.45, 7) is 3.99. The molecule has 4 saturated heterocycles. The highest BCUT2D eigenvalue weighted by Gasteiger charge is 2.45. The Hall–Kier alpha value is -2.33. The lowest BCUT2D eigenvalue weighted by atomic mass is 9.86. The van der Waals surface area contributed by atoms with Gasteiger partial charge in [0.1, 0.15) is 17.2 Å². The number of piperidine rings is 2. The van der Waals surface area contributed by atoms with Crippen molar-refractivity contribution < 1.29 is 17.5 Å². The second-order valence-corrected chi connectivity index (χ2v) is 14.8. The molecule has 41 heavy (non-hydrogen) atoms. The van der Waals surface area contributed by atoms with Crippen LogP contribution in [0.1, 0.15) is 62.8 Å². The van der Waals surface area contributed by atoms with Crippen molar-refractivity contribution in [3.8, 4) is 11.4 Å². The fraction of sp³-hybridized carbons (Fsp3) is 0.594. The average molecular weight is 581 g/mol. The van der Waals surface area contributed by atoms with Crippen molar-refractivity contribution in [2.45, 2.75) is 86.3 Å². The summed E-state index contributed by atoms with van der Waals surface area (Å²) in [6, 6.07) is 13.3. The molecule has 4 aliphatic heterocycles. The standard InChI is InChI=1S/C32H41FN4O3S/c1-35-31-29(33)17-23(18-30(31)34-32(35)22-3-7-28(8-4-22)41(2,38)39)21-9-13-36(14-10-21)27-19-25-5-6-26(20-27)37(25)24-11-15-40-16-12-24/h3-4,7-8,17-18,21,24-27H,5-6,9-16,19-20H2,1-2H3. The predicted octanol–water partition coefficient (Wildman–Crippen LogP) is 5.14. The zero-order valence-corrected chi connectivity index (χ0v) is 25.0. The molecule has 0 aliphatic carbocycles.